The Bertz CT molecular complexity index is 462. The summed E-state index contributed by atoms with van der Waals surface area (Å²) < 4.78 is 11.1. The van der Waals surface area contributed by atoms with Crippen LogP contribution in [0.2, 0.25) is 0 Å². The van der Waals surface area contributed by atoms with Gasteiger partial charge in [0, 0.05) is 18.7 Å². The quantitative estimate of drug-likeness (QED) is 0.822. The van der Waals surface area contributed by atoms with Crippen LogP contribution in [0.4, 0.5) is 11.4 Å². The minimum atomic E-state index is 0.596. The number of anilines is 2. The lowest BCUT2D eigenvalue weighted by atomic mass is 9.98. The van der Waals surface area contributed by atoms with Gasteiger partial charge in [-0.05, 0) is 18.3 Å². The van der Waals surface area contributed by atoms with Crippen molar-refractivity contribution in [1.29, 1.82) is 0 Å². The zero-order chi connectivity index (χ0) is 13.2. The van der Waals surface area contributed by atoms with E-state index in [1.54, 1.807) is 0 Å². The van der Waals surface area contributed by atoms with E-state index in [9.17, 15) is 0 Å². The van der Waals surface area contributed by atoms with Gasteiger partial charge >= 0.3 is 0 Å². The fourth-order valence-corrected chi connectivity index (χ4v) is 3.02. The van der Waals surface area contributed by atoms with Crippen LogP contribution in [0.3, 0.4) is 0 Å². The van der Waals surface area contributed by atoms with Gasteiger partial charge in [0.2, 0.25) is 0 Å². The van der Waals surface area contributed by atoms with Gasteiger partial charge in [-0.2, -0.15) is 0 Å². The van der Waals surface area contributed by atoms with Crippen LogP contribution in [0.25, 0.3) is 0 Å². The lowest BCUT2D eigenvalue weighted by molar-refractivity contribution is 0.172. The summed E-state index contributed by atoms with van der Waals surface area (Å²) in [6.07, 6.45) is 4.02. The van der Waals surface area contributed by atoms with Crippen LogP contribution in [-0.2, 0) is 0 Å². The van der Waals surface area contributed by atoms with E-state index in [-0.39, 0.29) is 0 Å². The van der Waals surface area contributed by atoms with E-state index in [4.69, 9.17) is 15.2 Å². The normalized spacial score (nSPS) is 25.3. The molecular formula is C15H22N2O2. The lowest BCUT2D eigenvalue weighted by Crippen LogP contribution is -2.18. The van der Waals surface area contributed by atoms with Crippen LogP contribution in [0.5, 0.6) is 11.5 Å². The first-order valence-corrected chi connectivity index (χ1v) is 7.17. The van der Waals surface area contributed by atoms with Gasteiger partial charge in [-0.3, -0.25) is 0 Å². The summed E-state index contributed by atoms with van der Waals surface area (Å²) in [5.74, 6) is 3.12. The zero-order valence-corrected chi connectivity index (χ0v) is 11.4. The fraction of sp³-hybridized carbons (Fsp3) is 0.600. The second kappa shape index (κ2) is 5.19. The van der Waals surface area contributed by atoms with Crippen LogP contribution in [0.1, 0.15) is 26.2 Å². The molecule has 4 nitrogen and oxygen atoms in total. The van der Waals surface area contributed by atoms with Crippen LogP contribution in [0.15, 0.2) is 12.1 Å². The molecule has 1 aromatic carbocycles. The topological polar surface area (TPSA) is 56.5 Å². The molecule has 4 heteroatoms. The Morgan fingerprint density at radius 2 is 1.95 bits per heavy atom. The highest BCUT2D eigenvalue weighted by molar-refractivity contribution is 5.72. The van der Waals surface area contributed by atoms with Crippen LogP contribution in [-0.4, -0.2) is 19.8 Å². The van der Waals surface area contributed by atoms with Crippen molar-refractivity contribution in [3.8, 4) is 11.5 Å². The van der Waals surface area contributed by atoms with Crippen molar-refractivity contribution in [3.05, 3.63) is 12.1 Å². The molecule has 0 saturated heterocycles. The summed E-state index contributed by atoms with van der Waals surface area (Å²) in [5.41, 5.74) is 7.76. The first-order valence-electron chi connectivity index (χ1n) is 7.17. The maximum atomic E-state index is 6.07. The third-order valence-corrected chi connectivity index (χ3v) is 4.31. The zero-order valence-electron chi connectivity index (χ0n) is 11.4. The molecule has 1 fully saturated rings. The number of fused-ring (bicyclic) bond motifs is 1. The van der Waals surface area contributed by atoms with Gasteiger partial charge in [0.25, 0.3) is 0 Å². The summed E-state index contributed by atoms with van der Waals surface area (Å²) in [5, 5.41) is 3.47. The first kappa shape index (κ1) is 12.5. The Kier molecular flexibility index (Phi) is 3.40. The van der Waals surface area contributed by atoms with Gasteiger partial charge in [0.05, 0.1) is 11.4 Å². The molecule has 3 N–H and O–H groups in total. The highest BCUT2D eigenvalue weighted by atomic mass is 16.6. The molecule has 2 aliphatic rings. The average molecular weight is 262 g/mol. The molecule has 3 rings (SSSR count). The molecule has 0 amide bonds. The monoisotopic (exact) mass is 262 g/mol. The van der Waals surface area contributed by atoms with Crippen LogP contribution >= 0.6 is 0 Å². The summed E-state index contributed by atoms with van der Waals surface area (Å²) in [6, 6.07) is 3.82. The molecule has 0 radical (unpaired) electrons. The maximum Gasteiger partial charge on any atom is 0.163 e. The molecule has 1 aromatic rings. The van der Waals surface area contributed by atoms with E-state index in [0.29, 0.717) is 13.2 Å². The molecule has 104 valence electrons. The number of nitrogen functional groups attached to an aromatic ring is 1. The van der Waals surface area contributed by atoms with Crippen molar-refractivity contribution in [2.75, 3.05) is 30.8 Å². The Morgan fingerprint density at radius 3 is 2.63 bits per heavy atom. The highest BCUT2D eigenvalue weighted by Gasteiger charge is 2.23. The molecule has 1 aliphatic heterocycles. The standard InChI is InChI=1S/C15H22N2O2/c1-10-3-2-4-11(10)9-17-13-8-15-14(7-12(13)16)18-5-6-19-15/h7-8,10-11,17H,2-6,9,16H2,1H3. The summed E-state index contributed by atoms with van der Waals surface area (Å²) >= 11 is 0. The van der Waals surface area contributed by atoms with Crippen LogP contribution < -0.4 is 20.5 Å². The van der Waals surface area contributed by atoms with Gasteiger partial charge in [-0.15, -0.1) is 0 Å². The van der Waals surface area contributed by atoms with Crippen molar-refractivity contribution in [3.63, 3.8) is 0 Å². The van der Waals surface area contributed by atoms with Crippen molar-refractivity contribution in [1.82, 2.24) is 0 Å². The third kappa shape index (κ3) is 2.57. The first-order chi connectivity index (χ1) is 9.24. The number of benzene rings is 1. The summed E-state index contributed by atoms with van der Waals surface area (Å²) in [7, 11) is 0. The Labute approximate surface area is 114 Å². The van der Waals surface area contributed by atoms with Crippen molar-refractivity contribution >= 4 is 11.4 Å². The molecule has 1 heterocycles. The fourth-order valence-electron chi connectivity index (χ4n) is 3.02. The largest absolute Gasteiger partial charge is 0.486 e. The second-order valence-corrected chi connectivity index (χ2v) is 5.63. The van der Waals surface area contributed by atoms with Gasteiger partial charge < -0.3 is 20.5 Å². The smallest absolute Gasteiger partial charge is 0.163 e. The molecule has 0 bridgehead atoms. The van der Waals surface area contributed by atoms with Gasteiger partial charge in [-0.25, -0.2) is 0 Å². The van der Waals surface area contributed by atoms with E-state index in [2.05, 4.69) is 12.2 Å². The predicted octanol–water partition coefficient (Wildman–Crippen LogP) is 2.89. The summed E-state index contributed by atoms with van der Waals surface area (Å²) in [6.45, 7) is 4.53. The number of rotatable bonds is 3. The van der Waals surface area contributed by atoms with Crippen molar-refractivity contribution in [2.24, 2.45) is 11.8 Å². The SMILES string of the molecule is CC1CCCC1CNc1cc2c(cc1N)OCCO2. The number of hydrogen-bond acceptors (Lipinski definition) is 4. The Morgan fingerprint density at radius 1 is 1.21 bits per heavy atom. The number of nitrogens with two attached hydrogens (primary N) is 1. The minimum absolute atomic E-state index is 0.596. The van der Waals surface area contributed by atoms with E-state index in [0.717, 1.165) is 41.3 Å². The van der Waals surface area contributed by atoms with Gasteiger partial charge in [0.1, 0.15) is 13.2 Å². The van der Waals surface area contributed by atoms with Crippen molar-refractivity contribution < 1.29 is 9.47 Å². The van der Waals surface area contributed by atoms with E-state index in [1.807, 2.05) is 12.1 Å². The molecular weight excluding hydrogens is 240 g/mol. The third-order valence-electron chi connectivity index (χ3n) is 4.31. The lowest BCUT2D eigenvalue weighted by Gasteiger charge is -2.22. The average Bonchev–Trinajstić information content (AvgIpc) is 2.82. The second-order valence-electron chi connectivity index (χ2n) is 5.63. The number of hydrogen-bond donors (Lipinski definition) is 2. The van der Waals surface area contributed by atoms with Crippen LogP contribution in [0, 0.1) is 11.8 Å². The molecule has 1 aliphatic carbocycles. The molecule has 1 saturated carbocycles. The summed E-state index contributed by atoms with van der Waals surface area (Å²) in [4.78, 5) is 0. The highest BCUT2D eigenvalue weighted by Crippen LogP contribution is 2.38. The van der Waals surface area contributed by atoms with Gasteiger partial charge in [-0.1, -0.05) is 19.8 Å². The van der Waals surface area contributed by atoms with E-state index in [1.165, 1.54) is 19.3 Å². The van der Waals surface area contributed by atoms with Crippen molar-refractivity contribution in [2.45, 2.75) is 26.2 Å². The Balaban J connectivity index is 1.70. The molecule has 2 unspecified atom stereocenters. The van der Waals surface area contributed by atoms with E-state index >= 15 is 0 Å². The maximum absolute atomic E-state index is 6.07. The molecule has 19 heavy (non-hydrogen) atoms. The number of ether oxygens (including phenoxy) is 2. The predicted molar refractivity (Wildman–Crippen MR) is 76.8 cm³/mol. The number of nitrogens with one attached hydrogen (secondary N) is 1. The minimum Gasteiger partial charge on any atom is -0.486 e. The van der Waals surface area contributed by atoms with Gasteiger partial charge in [0.15, 0.2) is 11.5 Å². The molecule has 0 spiro atoms. The molecule has 0 aromatic heterocycles. The Hall–Kier alpha value is -1.58. The van der Waals surface area contributed by atoms with E-state index < -0.39 is 0 Å². The molecule has 2 atom stereocenters.